The van der Waals surface area contributed by atoms with Gasteiger partial charge >= 0.3 is 11.9 Å². The van der Waals surface area contributed by atoms with Crippen molar-refractivity contribution < 1.29 is 34.2 Å². The van der Waals surface area contributed by atoms with Crippen LogP contribution in [0.25, 0.3) is 0 Å². The number of nitrogens with one attached hydrogen (secondary N) is 3. The predicted molar refractivity (Wildman–Crippen MR) is 121 cm³/mol. The molecule has 0 rings (SSSR count). The Balaban J connectivity index is 5.51. The van der Waals surface area contributed by atoms with Gasteiger partial charge in [-0.2, -0.15) is 12.6 Å². The number of rotatable bonds is 15. The van der Waals surface area contributed by atoms with Gasteiger partial charge in [-0.3, -0.25) is 19.2 Å². The van der Waals surface area contributed by atoms with Gasteiger partial charge in [0.25, 0.3) is 0 Å². The highest BCUT2D eigenvalue weighted by molar-refractivity contribution is 7.80. The molecule has 0 aromatic carbocycles. The van der Waals surface area contributed by atoms with Crippen molar-refractivity contribution in [3.8, 4) is 0 Å². The minimum Gasteiger partial charge on any atom is -0.481 e. The Hall–Kier alpha value is -2.34. The maximum absolute atomic E-state index is 13.0. The molecule has 7 N–H and O–H groups in total. The first kappa shape index (κ1) is 29.7. The van der Waals surface area contributed by atoms with Gasteiger partial charge in [-0.15, -0.1) is 0 Å². The Bertz CT molecular complexity index is 674. The van der Waals surface area contributed by atoms with Crippen molar-refractivity contribution in [2.45, 2.75) is 77.5 Å². The first-order chi connectivity index (χ1) is 14.8. The summed E-state index contributed by atoms with van der Waals surface area (Å²) in [7, 11) is 0. The van der Waals surface area contributed by atoms with Crippen LogP contribution in [0.4, 0.5) is 0 Å². The number of hydrogen-bond donors (Lipinski definition) is 7. The summed E-state index contributed by atoms with van der Waals surface area (Å²) in [6.45, 7) is 7.25. The summed E-state index contributed by atoms with van der Waals surface area (Å²) >= 11 is 3.98. The molecule has 0 radical (unpaired) electrons. The summed E-state index contributed by atoms with van der Waals surface area (Å²) in [6.07, 6.45) is 0.0316. The smallest absolute Gasteiger partial charge is 0.326 e. The van der Waals surface area contributed by atoms with Crippen LogP contribution in [0.3, 0.4) is 0 Å². The number of carboxylic acids is 2. The maximum Gasteiger partial charge on any atom is 0.326 e. The summed E-state index contributed by atoms with van der Waals surface area (Å²) in [5, 5.41) is 25.6. The Labute approximate surface area is 193 Å². The lowest BCUT2D eigenvalue weighted by molar-refractivity contribution is -0.143. The number of carbonyl (C=O) groups is 5. The van der Waals surface area contributed by atoms with Crippen molar-refractivity contribution in [2.24, 2.45) is 17.6 Å². The van der Waals surface area contributed by atoms with E-state index >= 15 is 0 Å². The molecular formula is C20H36N4O7S. The van der Waals surface area contributed by atoms with Crippen molar-refractivity contribution in [1.82, 2.24) is 16.0 Å². The summed E-state index contributed by atoms with van der Waals surface area (Å²) in [5.74, 6) is -4.66. The van der Waals surface area contributed by atoms with Gasteiger partial charge in [0.05, 0.1) is 6.04 Å². The van der Waals surface area contributed by atoms with E-state index in [9.17, 15) is 29.1 Å². The normalized spacial score (nSPS) is 15.7. The summed E-state index contributed by atoms with van der Waals surface area (Å²) < 4.78 is 0. The molecule has 0 heterocycles. The van der Waals surface area contributed by atoms with Crippen LogP contribution in [-0.2, 0) is 24.0 Å². The van der Waals surface area contributed by atoms with Crippen LogP contribution in [-0.4, -0.2) is 69.8 Å². The molecule has 32 heavy (non-hydrogen) atoms. The molecule has 0 aliphatic rings. The summed E-state index contributed by atoms with van der Waals surface area (Å²) in [6, 6.07) is -4.35. The number of carboxylic acid groups (broad SMARTS) is 2. The Kier molecular flexibility index (Phi) is 13.6. The maximum atomic E-state index is 13.0. The van der Waals surface area contributed by atoms with E-state index in [0.717, 1.165) is 0 Å². The molecule has 184 valence electrons. The van der Waals surface area contributed by atoms with E-state index in [-0.39, 0.29) is 30.4 Å². The molecule has 0 fully saturated rings. The van der Waals surface area contributed by atoms with E-state index < -0.39 is 60.2 Å². The molecule has 0 saturated carbocycles. The highest BCUT2D eigenvalue weighted by Crippen LogP contribution is 2.12. The zero-order valence-corrected chi connectivity index (χ0v) is 19.9. The largest absolute Gasteiger partial charge is 0.481 e. The van der Waals surface area contributed by atoms with Gasteiger partial charge in [0.1, 0.15) is 18.1 Å². The molecule has 0 saturated heterocycles. The van der Waals surface area contributed by atoms with Crippen molar-refractivity contribution in [1.29, 1.82) is 0 Å². The second-order valence-electron chi connectivity index (χ2n) is 8.18. The van der Waals surface area contributed by atoms with Crippen LogP contribution in [0.15, 0.2) is 0 Å². The van der Waals surface area contributed by atoms with Crippen LogP contribution in [0, 0.1) is 11.8 Å². The van der Waals surface area contributed by atoms with Crippen molar-refractivity contribution in [2.75, 3.05) is 5.75 Å². The predicted octanol–water partition coefficient (Wildman–Crippen LogP) is -0.260. The molecule has 11 nitrogen and oxygen atoms in total. The van der Waals surface area contributed by atoms with Gasteiger partial charge in [-0.05, 0) is 24.7 Å². The second-order valence-corrected chi connectivity index (χ2v) is 8.55. The van der Waals surface area contributed by atoms with E-state index in [1.165, 1.54) is 0 Å². The van der Waals surface area contributed by atoms with Crippen molar-refractivity contribution >= 4 is 42.3 Å². The standard InChI is InChI=1S/C20H36N4O7S/c1-5-11(4)16(24-17(27)12(21)9-32)19(29)23-14(8-10(2)3)18(28)22-13(20(30)31)6-7-15(25)26/h10-14,16,32H,5-9,21H2,1-4H3,(H,22,28)(H,23,29)(H,24,27)(H,25,26)(H,30,31). The topological polar surface area (TPSA) is 188 Å². The number of carbonyl (C=O) groups excluding carboxylic acids is 3. The quantitative estimate of drug-likeness (QED) is 0.157. The van der Waals surface area contributed by atoms with Crippen LogP contribution in [0.1, 0.15) is 53.4 Å². The van der Waals surface area contributed by atoms with Gasteiger partial charge in [-0.25, -0.2) is 4.79 Å². The van der Waals surface area contributed by atoms with Gasteiger partial charge < -0.3 is 31.9 Å². The molecule has 5 unspecified atom stereocenters. The van der Waals surface area contributed by atoms with Crippen LogP contribution < -0.4 is 21.7 Å². The lowest BCUT2D eigenvalue weighted by atomic mass is 9.96. The fraction of sp³-hybridized carbons (Fsp3) is 0.750. The Morgan fingerprint density at radius 3 is 1.91 bits per heavy atom. The fourth-order valence-electron chi connectivity index (χ4n) is 2.81. The number of amides is 3. The molecule has 3 amide bonds. The fourth-order valence-corrected chi connectivity index (χ4v) is 2.97. The van der Waals surface area contributed by atoms with Gasteiger partial charge in [-0.1, -0.05) is 34.1 Å². The highest BCUT2D eigenvalue weighted by atomic mass is 32.1. The monoisotopic (exact) mass is 476 g/mol. The zero-order chi connectivity index (χ0) is 25.0. The molecule has 0 aliphatic carbocycles. The molecule has 5 atom stereocenters. The third kappa shape index (κ3) is 10.8. The lowest BCUT2D eigenvalue weighted by Gasteiger charge is -2.28. The van der Waals surface area contributed by atoms with E-state index in [1.807, 2.05) is 20.8 Å². The minimum absolute atomic E-state index is 0.0254. The SMILES string of the molecule is CCC(C)C(NC(=O)C(N)CS)C(=O)NC(CC(C)C)C(=O)NC(CCC(=O)O)C(=O)O. The second kappa shape index (κ2) is 14.7. The minimum atomic E-state index is -1.41. The molecule has 0 aromatic heterocycles. The zero-order valence-electron chi connectivity index (χ0n) is 19.0. The molecule has 0 aromatic rings. The first-order valence-corrected chi connectivity index (χ1v) is 11.2. The lowest BCUT2D eigenvalue weighted by Crippen LogP contribution is -2.59. The number of aliphatic carboxylic acids is 2. The van der Waals surface area contributed by atoms with E-state index in [1.54, 1.807) is 6.92 Å². The molecule has 0 aliphatic heterocycles. The third-order valence-corrected chi connectivity index (χ3v) is 5.32. The van der Waals surface area contributed by atoms with Crippen molar-refractivity contribution in [3.05, 3.63) is 0 Å². The van der Waals surface area contributed by atoms with Gasteiger partial charge in [0, 0.05) is 12.2 Å². The molecular weight excluding hydrogens is 440 g/mol. The van der Waals surface area contributed by atoms with E-state index in [2.05, 4.69) is 28.6 Å². The number of nitrogens with two attached hydrogens (primary N) is 1. The highest BCUT2D eigenvalue weighted by Gasteiger charge is 2.32. The van der Waals surface area contributed by atoms with Crippen LogP contribution >= 0.6 is 12.6 Å². The van der Waals surface area contributed by atoms with E-state index in [0.29, 0.717) is 6.42 Å². The van der Waals surface area contributed by atoms with Gasteiger partial charge in [0.2, 0.25) is 17.7 Å². The Morgan fingerprint density at radius 2 is 1.47 bits per heavy atom. The summed E-state index contributed by atoms with van der Waals surface area (Å²) in [4.78, 5) is 60.1. The molecule has 12 heteroatoms. The average molecular weight is 477 g/mol. The number of hydrogen-bond acceptors (Lipinski definition) is 7. The third-order valence-electron chi connectivity index (χ3n) is 4.93. The number of thiol groups is 1. The van der Waals surface area contributed by atoms with Crippen LogP contribution in [0.2, 0.25) is 0 Å². The Morgan fingerprint density at radius 1 is 0.906 bits per heavy atom. The van der Waals surface area contributed by atoms with Crippen molar-refractivity contribution in [3.63, 3.8) is 0 Å². The molecule has 0 spiro atoms. The average Bonchev–Trinajstić information content (AvgIpc) is 2.71. The molecule has 0 bridgehead atoms. The van der Waals surface area contributed by atoms with Gasteiger partial charge in [0.15, 0.2) is 0 Å². The first-order valence-electron chi connectivity index (χ1n) is 10.6. The van der Waals surface area contributed by atoms with E-state index in [4.69, 9.17) is 10.8 Å². The summed E-state index contributed by atoms with van der Waals surface area (Å²) in [5.41, 5.74) is 5.67. The van der Waals surface area contributed by atoms with Crippen LogP contribution in [0.5, 0.6) is 0 Å².